The first-order valence-corrected chi connectivity index (χ1v) is 10.1. The van der Waals surface area contributed by atoms with Crippen molar-refractivity contribution in [3.05, 3.63) is 99.8 Å². The second-order valence-corrected chi connectivity index (χ2v) is 7.97. The largest absolute Gasteiger partial charge is 0.477 e. The fourth-order valence-corrected chi connectivity index (χ4v) is 4.15. The molecule has 2 aliphatic heterocycles. The summed E-state index contributed by atoms with van der Waals surface area (Å²) in [5.41, 5.74) is 5.88. The quantitative estimate of drug-likeness (QED) is 0.564. The summed E-state index contributed by atoms with van der Waals surface area (Å²) in [5, 5.41) is 0. The second kappa shape index (κ2) is 7.47. The molecule has 0 saturated carbocycles. The number of hydrogen-bond donors (Lipinski definition) is 0. The van der Waals surface area contributed by atoms with Crippen molar-refractivity contribution in [1.29, 1.82) is 0 Å². The zero-order chi connectivity index (χ0) is 20.7. The van der Waals surface area contributed by atoms with Gasteiger partial charge in [-0.1, -0.05) is 60.2 Å². The maximum atomic E-state index is 13.0. The molecule has 5 rings (SSSR count). The molecule has 0 aromatic heterocycles. The van der Waals surface area contributed by atoms with Gasteiger partial charge in [-0.2, -0.15) is 0 Å². The van der Waals surface area contributed by atoms with Crippen LogP contribution in [0.2, 0.25) is 0 Å². The highest BCUT2D eigenvalue weighted by Crippen LogP contribution is 2.43. The average Bonchev–Trinajstić information content (AvgIpc) is 3.05. The number of allylic oxidation sites excluding steroid dienone is 1. The molecule has 3 aromatic carbocycles. The molecule has 30 heavy (non-hydrogen) atoms. The van der Waals surface area contributed by atoms with Crippen molar-refractivity contribution in [1.82, 2.24) is 4.90 Å². The Morgan fingerprint density at radius 2 is 1.83 bits per heavy atom. The molecule has 3 aromatic rings. The highest BCUT2D eigenvalue weighted by molar-refractivity contribution is 6.15. The standard InChI is InChI=1S/C26H23NO3/c1-17-7-6-10-20(11-17)12-23-24(28)22-13-21-15-27(14-19-8-4-3-5-9-19)16-29-25(21)18(2)26(22)30-23/h3-13H,14-16H2,1-2H3/b23-12-. The molecule has 4 nitrogen and oxygen atoms in total. The van der Waals surface area contributed by atoms with Gasteiger partial charge in [0.25, 0.3) is 0 Å². The van der Waals surface area contributed by atoms with E-state index in [0.29, 0.717) is 23.8 Å². The lowest BCUT2D eigenvalue weighted by Gasteiger charge is -2.30. The Kier molecular flexibility index (Phi) is 4.64. The highest BCUT2D eigenvalue weighted by atomic mass is 16.5. The normalized spacial score (nSPS) is 16.7. The van der Waals surface area contributed by atoms with Crippen molar-refractivity contribution < 1.29 is 14.3 Å². The van der Waals surface area contributed by atoms with Gasteiger partial charge < -0.3 is 9.47 Å². The predicted molar refractivity (Wildman–Crippen MR) is 116 cm³/mol. The van der Waals surface area contributed by atoms with Crippen LogP contribution in [0, 0.1) is 13.8 Å². The van der Waals surface area contributed by atoms with E-state index in [0.717, 1.165) is 41.1 Å². The summed E-state index contributed by atoms with van der Waals surface area (Å²) in [7, 11) is 0. The van der Waals surface area contributed by atoms with Crippen LogP contribution in [0.25, 0.3) is 6.08 Å². The first-order chi connectivity index (χ1) is 14.6. The molecule has 2 heterocycles. The van der Waals surface area contributed by atoms with Gasteiger partial charge in [0.05, 0.1) is 5.56 Å². The van der Waals surface area contributed by atoms with Crippen molar-refractivity contribution in [3.8, 4) is 11.5 Å². The molecule has 0 spiro atoms. The van der Waals surface area contributed by atoms with Crippen LogP contribution in [0.5, 0.6) is 11.5 Å². The minimum atomic E-state index is -0.0717. The molecule has 0 radical (unpaired) electrons. The second-order valence-electron chi connectivity index (χ2n) is 7.97. The number of nitrogens with zero attached hydrogens (tertiary/aromatic N) is 1. The average molecular weight is 397 g/mol. The zero-order valence-electron chi connectivity index (χ0n) is 17.1. The summed E-state index contributed by atoms with van der Waals surface area (Å²) >= 11 is 0. The van der Waals surface area contributed by atoms with E-state index in [-0.39, 0.29) is 5.78 Å². The fraction of sp³-hybridized carbons (Fsp3) is 0.192. The van der Waals surface area contributed by atoms with Gasteiger partial charge in [0.1, 0.15) is 18.2 Å². The first kappa shape index (κ1) is 18.6. The number of carbonyl (C=O) groups is 1. The van der Waals surface area contributed by atoms with Crippen LogP contribution < -0.4 is 9.47 Å². The van der Waals surface area contributed by atoms with E-state index in [1.165, 1.54) is 5.56 Å². The van der Waals surface area contributed by atoms with Gasteiger partial charge in [-0.3, -0.25) is 9.69 Å². The molecule has 0 amide bonds. The SMILES string of the molecule is Cc1cccc(/C=C2\Oc3c(cc4c(c3C)OCN(Cc3ccccc3)C4)C2=O)c1. The Hall–Kier alpha value is -3.37. The number of aryl methyl sites for hydroxylation is 1. The molecular formula is C26H23NO3. The van der Waals surface area contributed by atoms with Gasteiger partial charge in [-0.25, -0.2) is 0 Å². The number of fused-ring (bicyclic) bond motifs is 2. The van der Waals surface area contributed by atoms with Crippen LogP contribution in [-0.4, -0.2) is 17.4 Å². The van der Waals surface area contributed by atoms with Gasteiger partial charge in [0, 0.05) is 24.2 Å². The monoisotopic (exact) mass is 397 g/mol. The Morgan fingerprint density at radius 1 is 1.00 bits per heavy atom. The van der Waals surface area contributed by atoms with Crippen LogP contribution in [0.1, 0.15) is 38.2 Å². The first-order valence-electron chi connectivity index (χ1n) is 10.1. The molecule has 0 bridgehead atoms. The fourth-order valence-electron chi connectivity index (χ4n) is 4.15. The Morgan fingerprint density at radius 3 is 2.63 bits per heavy atom. The van der Waals surface area contributed by atoms with Crippen LogP contribution in [0.15, 0.2) is 66.4 Å². The number of ether oxygens (including phenoxy) is 2. The molecule has 4 heteroatoms. The Bertz CT molecular complexity index is 1160. The Labute approximate surface area is 176 Å². The third kappa shape index (κ3) is 3.40. The molecular weight excluding hydrogens is 374 g/mol. The van der Waals surface area contributed by atoms with Gasteiger partial charge in [-0.15, -0.1) is 0 Å². The van der Waals surface area contributed by atoms with Gasteiger partial charge >= 0.3 is 0 Å². The minimum absolute atomic E-state index is 0.0717. The number of rotatable bonds is 3. The van der Waals surface area contributed by atoms with E-state index in [1.54, 1.807) is 0 Å². The van der Waals surface area contributed by atoms with Crippen molar-refractivity contribution in [2.24, 2.45) is 0 Å². The van der Waals surface area contributed by atoms with Crippen LogP contribution in [0.3, 0.4) is 0 Å². The lowest BCUT2D eigenvalue weighted by atomic mass is 9.99. The van der Waals surface area contributed by atoms with Crippen molar-refractivity contribution >= 4 is 11.9 Å². The molecule has 0 saturated heterocycles. The highest BCUT2D eigenvalue weighted by Gasteiger charge is 2.33. The van der Waals surface area contributed by atoms with Crippen molar-refractivity contribution in [3.63, 3.8) is 0 Å². The summed E-state index contributed by atoms with van der Waals surface area (Å²) < 4.78 is 12.1. The number of carbonyl (C=O) groups excluding carboxylic acids is 1. The summed E-state index contributed by atoms with van der Waals surface area (Å²) in [6.45, 7) is 6.06. The molecule has 0 N–H and O–H groups in total. The molecule has 0 fully saturated rings. The zero-order valence-corrected chi connectivity index (χ0v) is 17.1. The molecule has 0 atom stereocenters. The van der Waals surface area contributed by atoms with E-state index in [1.807, 2.05) is 68.5 Å². The predicted octanol–water partition coefficient (Wildman–Crippen LogP) is 5.27. The van der Waals surface area contributed by atoms with E-state index in [4.69, 9.17) is 9.47 Å². The summed E-state index contributed by atoms with van der Waals surface area (Å²) in [5.74, 6) is 1.75. The third-order valence-electron chi connectivity index (χ3n) is 5.59. The van der Waals surface area contributed by atoms with Gasteiger partial charge in [-0.05, 0) is 37.1 Å². The Balaban J connectivity index is 1.44. The van der Waals surface area contributed by atoms with Crippen LogP contribution >= 0.6 is 0 Å². The van der Waals surface area contributed by atoms with E-state index >= 15 is 0 Å². The lowest BCUT2D eigenvalue weighted by Crippen LogP contribution is -2.32. The number of Topliss-reactive ketones (excluding diaryl/α,β-unsaturated/α-hetero) is 1. The molecule has 0 unspecified atom stereocenters. The molecule has 2 aliphatic rings. The van der Waals surface area contributed by atoms with Crippen LogP contribution in [0.4, 0.5) is 0 Å². The number of benzene rings is 3. The number of ketones is 1. The smallest absolute Gasteiger partial charge is 0.231 e. The van der Waals surface area contributed by atoms with E-state index < -0.39 is 0 Å². The third-order valence-corrected chi connectivity index (χ3v) is 5.59. The summed E-state index contributed by atoms with van der Waals surface area (Å²) in [6, 6.07) is 20.3. The topological polar surface area (TPSA) is 38.8 Å². The lowest BCUT2D eigenvalue weighted by molar-refractivity contribution is 0.0876. The molecule has 0 aliphatic carbocycles. The minimum Gasteiger partial charge on any atom is -0.477 e. The molecule has 150 valence electrons. The van der Waals surface area contributed by atoms with E-state index in [2.05, 4.69) is 17.0 Å². The maximum Gasteiger partial charge on any atom is 0.231 e. The van der Waals surface area contributed by atoms with Crippen molar-refractivity contribution in [2.75, 3.05) is 6.73 Å². The number of hydrogen-bond acceptors (Lipinski definition) is 4. The van der Waals surface area contributed by atoms with E-state index in [9.17, 15) is 4.79 Å². The van der Waals surface area contributed by atoms with Gasteiger partial charge in [0.15, 0.2) is 5.76 Å². The summed E-state index contributed by atoms with van der Waals surface area (Å²) in [4.78, 5) is 15.3. The maximum absolute atomic E-state index is 13.0. The van der Waals surface area contributed by atoms with Crippen LogP contribution in [-0.2, 0) is 13.1 Å². The van der Waals surface area contributed by atoms with Gasteiger partial charge in [0.2, 0.25) is 5.78 Å². The van der Waals surface area contributed by atoms with Crippen molar-refractivity contribution in [2.45, 2.75) is 26.9 Å². The summed E-state index contributed by atoms with van der Waals surface area (Å²) in [6.07, 6.45) is 1.82.